The van der Waals surface area contributed by atoms with Gasteiger partial charge < -0.3 is 9.32 Å². The Morgan fingerprint density at radius 1 is 0.794 bits per heavy atom. The lowest BCUT2D eigenvalue weighted by molar-refractivity contribution is 0.0722. The second-order valence-corrected chi connectivity index (χ2v) is 9.04. The summed E-state index contributed by atoms with van der Waals surface area (Å²) in [5, 5.41) is 9.58. The van der Waals surface area contributed by atoms with Crippen LogP contribution in [-0.4, -0.2) is 34.1 Å². The van der Waals surface area contributed by atoms with Crippen molar-refractivity contribution in [2.24, 2.45) is 0 Å². The number of furan rings is 1. The molecule has 2 aromatic heterocycles. The van der Waals surface area contributed by atoms with Gasteiger partial charge in [0, 0.05) is 18.7 Å². The molecule has 0 aliphatic rings. The largest absolute Gasteiger partial charge is 0.455 e. The van der Waals surface area contributed by atoms with E-state index in [0.717, 1.165) is 48.0 Å². The van der Waals surface area contributed by atoms with Crippen LogP contribution in [0, 0.1) is 0 Å². The van der Waals surface area contributed by atoms with Crippen LogP contribution in [0.2, 0.25) is 0 Å². The van der Waals surface area contributed by atoms with Gasteiger partial charge in [0.1, 0.15) is 10.8 Å². The Kier molecular flexibility index (Phi) is 8.15. The van der Waals surface area contributed by atoms with E-state index in [1.807, 2.05) is 41.3 Å². The molecule has 0 spiro atoms. The third-order valence-corrected chi connectivity index (χ3v) is 6.38. The van der Waals surface area contributed by atoms with Crippen molar-refractivity contribution in [2.75, 3.05) is 13.1 Å². The second kappa shape index (κ2) is 11.7. The lowest BCUT2D eigenvalue weighted by atomic mass is 10.0. The van der Waals surface area contributed by atoms with Crippen molar-refractivity contribution >= 4 is 17.7 Å². The van der Waals surface area contributed by atoms with E-state index >= 15 is 0 Å². The Hall–Kier alpha value is -3.38. The van der Waals surface area contributed by atoms with Crippen molar-refractivity contribution in [3.8, 4) is 22.4 Å². The van der Waals surface area contributed by atoms with Crippen LogP contribution in [0.1, 0.15) is 43.0 Å². The highest BCUT2D eigenvalue weighted by atomic mass is 32.2. The van der Waals surface area contributed by atoms with E-state index < -0.39 is 0 Å². The molecular weight excluding hydrogens is 442 g/mol. The zero-order valence-corrected chi connectivity index (χ0v) is 20.4. The number of benzene rings is 2. The molecule has 2 heterocycles. The molecule has 0 saturated carbocycles. The maximum Gasteiger partial charge on any atom is 0.289 e. The van der Waals surface area contributed by atoms with E-state index in [9.17, 15) is 4.79 Å². The highest BCUT2D eigenvalue weighted by molar-refractivity contribution is 7.98. The second-order valence-electron chi connectivity index (χ2n) is 8.05. The van der Waals surface area contributed by atoms with Gasteiger partial charge >= 0.3 is 0 Å². The molecule has 0 aliphatic heterocycles. The lowest BCUT2D eigenvalue weighted by Crippen LogP contribution is -2.32. The van der Waals surface area contributed by atoms with Gasteiger partial charge in [-0.3, -0.25) is 4.79 Å². The number of hydrogen-bond acceptors (Lipinski definition) is 5. The number of hydrogen-bond donors (Lipinski definition) is 0. The Labute approximate surface area is 205 Å². The zero-order chi connectivity index (χ0) is 23.8. The zero-order valence-electron chi connectivity index (χ0n) is 19.6. The first-order chi connectivity index (χ1) is 16.7. The molecule has 0 bridgehead atoms. The van der Waals surface area contributed by atoms with Crippen LogP contribution in [0.3, 0.4) is 0 Å². The first kappa shape index (κ1) is 23.8. The maximum atomic E-state index is 12.7. The molecule has 5 nitrogen and oxygen atoms in total. The summed E-state index contributed by atoms with van der Waals surface area (Å²) in [7, 11) is 0. The molecule has 0 fully saturated rings. The number of amides is 1. The van der Waals surface area contributed by atoms with Crippen LogP contribution < -0.4 is 0 Å². The Bertz CT molecular complexity index is 1180. The number of carbonyl (C=O) groups is 1. The molecule has 0 radical (unpaired) electrons. The monoisotopic (exact) mass is 471 g/mol. The first-order valence-corrected chi connectivity index (χ1v) is 12.7. The minimum Gasteiger partial charge on any atom is -0.455 e. The summed E-state index contributed by atoms with van der Waals surface area (Å²) in [6.45, 7) is 5.64. The molecule has 0 saturated heterocycles. The summed E-state index contributed by atoms with van der Waals surface area (Å²) < 4.78 is 5.82. The van der Waals surface area contributed by atoms with Crippen LogP contribution in [0.4, 0.5) is 0 Å². The molecule has 6 heteroatoms. The van der Waals surface area contributed by atoms with Gasteiger partial charge in [0.25, 0.3) is 5.91 Å². The van der Waals surface area contributed by atoms with Crippen LogP contribution >= 0.6 is 11.8 Å². The molecule has 4 aromatic rings. The normalized spacial score (nSPS) is 10.9. The number of aromatic nitrogens is 2. The number of thioether (sulfide) groups is 1. The molecule has 1 amide bonds. The van der Waals surface area contributed by atoms with Gasteiger partial charge in [-0.25, -0.2) is 0 Å². The number of rotatable bonds is 10. The Morgan fingerprint density at radius 2 is 1.47 bits per heavy atom. The topological polar surface area (TPSA) is 59.2 Å². The molecular formula is C28H29N3O2S. The van der Waals surface area contributed by atoms with Crippen molar-refractivity contribution in [2.45, 2.75) is 37.5 Å². The molecule has 2 aromatic carbocycles. The van der Waals surface area contributed by atoms with Crippen LogP contribution in [0.15, 0.2) is 88.3 Å². The van der Waals surface area contributed by atoms with E-state index in [1.54, 1.807) is 6.07 Å². The van der Waals surface area contributed by atoms with E-state index in [2.05, 4.69) is 60.4 Å². The first-order valence-electron chi connectivity index (χ1n) is 11.7. The Morgan fingerprint density at radius 3 is 2.12 bits per heavy atom. The smallest absolute Gasteiger partial charge is 0.289 e. The van der Waals surface area contributed by atoms with Crippen molar-refractivity contribution in [3.63, 3.8) is 0 Å². The van der Waals surface area contributed by atoms with Gasteiger partial charge in [-0.05, 0) is 48.2 Å². The summed E-state index contributed by atoms with van der Waals surface area (Å²) >= 11 is 1.54. The average Bonchev–Trinajstić information content (AvgIpc) is 3.37. The van der Waals surface area contributed by atoms with Gasteiger partial charge in [0.15, 0.2) is 5.76 Å². The highest BCUT2D eigenvalue weighted by Crippen LogP contribution is 2.26. The predicted molar refractivity (Wildman–Crippen MR) is 138 cm³/mol. The highest BCUT2D eigenvalue weighted by Gasteiger charge is 2.18. The van der Waals surface area contributed by atoms with Crippen LogP contribution in [0.5, 0.6) is 0 Å². The molecule has 34 heavy (non-hydrogen) atoms. The molecule has 0 N–H and O–H groups in total. The average molecular weight is 472 g/mol. The van der Waals surface area contributed by atoms with Gasteiger partial charge in [-0.2, -0.15) is 0 Å². The van der Waals surface area contributed by atoms with Crippen LogP contribution in [-0.2, 0) is 5.75 Å². The summed E-state index contributed by atoms with van der Waals surface area (Å²) in [5.41, 5.74) is 4.23. The summed E-state index contributed by atoms with van der Waals surface area (Å²) in [5.74, 6) is 1.71. The van der Waals surface area contributed by atoms with Crippen molar-refractivity contribution in [3.05, 3.63) is 90.4 Å². The fourth-order valence-corrected chi connectivity index (χ4v) is 4.45. The molecule has 0 aliphatic carbocycles. The fraction of sp³-hybridized carbons (Fsp3) is 0.250. The van der Waals surface area contributed by atoms with Gasteiger partial charge in [0.05, 0.1) is 11.4 Å². The van der Waals surface area contributed by atoms with Crippen molar-refractivity contribution < 1.29 is 9.21 Å². The summed E-state index contributed by atoms with van der Waals surface area (Å²) in [4.78, 5) is 14.5. The summed E-state index contributed by atoms with van der Waals surface area (Å²) in [6, 6.07) is 26.2. The van der Waals surface area contributed by atoms with Crippen LogP contribution in [0.25, 0.3) is 22.4 Å². The lowest BCUT2D eigenvalue weighted by Gasteiger charge is -2.19. The molecule has 0 unspecified atom stereocenters. The third-order valence-electron chi connectivity index (χ3n) is 5.44. The maximum absolute atomic E-state index is 12.7. The minimum absolute atomic E-state index is 0.0395. The SMILES string of the molecule is CCCN(CCC)C(=O)c1ccc(CSc2ccc(-c3ccc(-c4ccccc4)cc3)nn2)o1. The van der Waals surface area contributed by atoms with E-state index in [0.29, 0.717) is 11.5 Å². The number of carbonyl (C=O) groups excluding carboxylic acids is 1. The van der Waals surface area contributed by atoms with Gasteiger partial charge in [-0.1, -0.05) is 80.2 Å². The van der Waals surface area contributed by atoms with E-state index in [1.165, 1.54) is 22.9 Å². The standard InChI is InChI=1S/C28H29N3O2S/c1-3-18-31(19-4-2)28(32)26-16-14-24(33-26)20-34-27-17-15-25(29-30-27)23-12-10-22(11-13-23)21-8-6-5-7-9-21/h5-17H,3-4,18-20H2,1-2H3. The fourth-order valence-electron chi connectivity index (χ4n) is 3.74. The van der Waals surface area contributed by atoms with E-state index in [4.69, 9.17) is 4.42 Å². The predicted octanol–water partition coefficient (Wildman–Crippen LogP) is 6.96. The minimum atomic E-state index is -0.0395. The quantitative estimate of drug-likeness (QED) is 0.234. The Balaban J connectivity index is 1.35. The molecule has 4 rings (SSSR count). The van der Waals surface area contributed by atoms with Crippen molar-refractivity contribution in [1.82, 2.24) is 15.1 Å². The van der Waals surface area contributed by atoms with Gasteiger partial charge in [0.2, 0.25) is 0 Å². The van der Waals surface area contributed by atoms with Crippen molar-refractivity contribution in [1.29, 1.82) is 0 Å². The molecule has 174 valence electrons. The molecule has 0 atom stereocenters. The third kappa shape index (κ3) is 5.94. The van der Waals surface area contributed by atoms with E-state index in [-0.39, 0.29) is 5.91 Å². The van der Waals surface area contributed by atoms with Gasteiger partial charge in [-0.15, -0.1) is 10.2 Å². The number of nitrogens with zero attached hydrogens (tertiary/aromatic N) is 3. The summed E-state index contributed by atoms with van der Waals surface area (Å²) in [6.07, 6.45) is 1.86.